The summed E-state index contributed by atoms with van der Waals surface area (Å²) in [4.78, 5) is 54.9. The van der Waals surface area contributed by atoms with Gasteiger partial charge in [-0.3, -0.25) is 19.4 Å². The number of sulfonamides is 1. The quantitative estimate of drug-likeness (QED) is 0.209. The van der Waals surface area contributed by atoms with Crippen LogP contribution in [0.4, 0.5) is 21.6 Å². The van der Waals surface area contributed by atoms with Crippen molar-refractivity contribution >= 4 is 56.0 Å². The minimum absolute atomic E-state index is 0.0318. The van der Waals surface area contributed by atoms with Crippen LogP contribution in [0.25, 0.3) is 10.4 Å². The number of carbonyl (C=O) groups is 3. The van der Waals surface area contributed by atoms with Crippen molar-refractivity contribution in [3.8, 4) is 10.4 Å². The van der Waals surface area contributed by atoms with Gasteiger partial charge in [0.25, 0.3) is 5.91 Å². The zero-order valence-corrected chi connectivity index (χ0v) is 31.3. The first-order valence-corrected chi connectivity index (χ1v) is 19.5. The summed E-state index contributed by atoms with van der Waals surface area (Å²) in [5.41, 5.74) is 2.36. The molecule has 4 heterocycles. The van der Waals surface area contributed by atoms with Gasteiger partial charge in [0.2, 0.25) is 15.9 Å². The number of carbonyl (C=O) groups excluding carboxylic acids is 3. The molecule has 2 aliphatic heterocycles. The first kappa shape index (κ1) is 35.5. The molecule has 52 heavy (non-hydrogen) atoms. The molecule has 0 unspecified atom stereocenters. The molecule has 0 radical (unpaired) electrons. The third kappa shape index (κ3) is 6.87. The van der Waals surface area contributed by atoms with Gasteiger partial charge in [-0.25, -0.2) is 27.9 Å². The number of aromatic nitrogens is 2. The third-order valence-corrected chi connectivity index (χ3v) is 12.5. The smallest absolute Gasteiger partial charge is 0.411 e. The van der Waals surface area contributed by atoms with Crippen LogP contribution >= 0.6 is 11.3 Å². The first-order valence-electron chi connectivity index (χ1n) is 17.2. The fourth-order valence-corrected chi connectivity index (χ4v) is 8.79. The van der Waals surface area contributed by atoms with E-state index in [1.165, 1.54) is 23.3 Å². The standard InChI is InChI=1S/C37H41N7O6S2/c1-22-33(26-16-27-18-42(23(2)25-14-15-25)34(46)32(27)28(17-26)52(48,49)38-5)51-35(39-22)41-29-12-9-13-30(40-29)43-21-37(3,4)44(19-31(43)45)36(47)50-20-24-10-7-6-8-11-24/h6-13,16-17,23,25,38H,14-15,18-21H2,1-5H3,(H,39,40,41)/t23-/m0/s1. The van der Waals surface area contributed by atoms with E-state index >= 15 is 0 Å². The molecule has 1 saturated carbocycles. The Morgan fingerprint density at radius 3 is 2.52 bits per heavy atom. The molecule has 4 aromatic rings. The molecular weight excluding hydrogens is 703 g/mol. The maximum Gasteiger partial charge on any atom is 0.411 e. The van der Waals surface area contributed by atoms with Crippen LogP contribution in [0.1, 0.15) is 60.8 Å². The number of benzene rings is 2. The molecular formula is C37H41N7O6S2. The molecule has 2 N–H and O–H groups in total. The van der Waals surface area contributed by atoms with Gasteiger partial charge in [0.15, 0.2) is 5.13 Å². The number of nitrogens with zero attached hydrogens (tertiary/aromatic N) is 5. The number of piperazine rings is 1. The lowest BCUT2D eigenvalue weighted by molar-refractivity contribution is -0.123. The van der Waals surface area contributed by atoms with Crippen LogP contribution in [0.15, 0.2) is 65.6 Å². The van der Waals surface area contributed by atoms with Crippen LogP contribution in [0.5, 0.6) is 0 Å². The normalized spacial score (nSPS) is 17.7. The molecule has 2 fully saturated rings. The van der Waals surface area contributed by atoms with Crippen molar-refractivity contribution < 1.29 is 27.5 Å². The van der Waals surface area contributed by atoms with Crippen molar-refractivity contribution in [2.45, 2.75) is 70.2 Å². The van der Waals surface area contributed by atoms with E-state index in [1.54, 1.807) is 34.1 Å². The lowest BCUT2D eigenvalue weighted by Gasteiger charge is -2.45. The van der Waals surface area contributed by atoms with E-state index in [-0.39, 0.29) is 48.0 Å². The summed E-state index contributed by atoms with van der Waals surface area (Å²) in [7, 11) is -2.60. The van der Waals surface area contributed by atoms with Gasteiger partial charge in [-0.15, -0.1) is 0 Å². The van der Waals surface area contributed by atoms with Gasteiger partial charge in [-0.05, 0) is 94.5 Å². The van der Waals surface area contributed by atoms with Gasteiger partial charge >= 0.3 is 6.09 Å². The second-order valence-corrected chi connectivity index (χ2v) is 16.9. The van der Waals surface area contributed by atoms with Crippen molar-refractivity contribution in [1.29, 1.82) is 0 Å². The van der Waals surface area contributed by atoms with Crippen molar-refractivity contribution in [2.24, 2.45) is 5.92 Å². The minimum atomic E-state index is -3.95. The van der Waals surface area contributed by atoms with Gasteiger partial charge in [0.05, 0.1) is 33.1 Å². The van der Waals surface area contributed by atoms with Gasteiger partial charge in [0, 0.05) is 12.6 Å². The number of thiazole rings is 1. The van der Waals surface area contributed by atoms with Gasteiger partial charge in [-0.2, -0.15) is 0 Å². The number of anilines is 3. The molecule has 2 aromatic heterocycles. The zero-order valence-electron chi connectivity index (χ0n) is 29.7. The number of rotatable bonds is 10. The second kappa shape index (κ2) is 13.6. The lowest BCUT2D eigenvalue weighted by Crippen LogP contribution is -2.63. The van der Waals surface area contributed by atoms with Gasteiger partial charge in [-0.1, -0.05) is 47.7 Å². The maximum absolute atomic E-state index is 13.6. The number of aryl methyl sites for hydroxylation is 1. The Bertz CT molecular complexity index is 2170. The number of nitrogens with one attached hydrogen (secondary N) is 2. The summed E-state index contributed by atoms with van der Waals surface area (Å²) < 4.78 is 34.4. The summed E-state index contributed by atoms with van der Waals surface area (Å²) >= 11 is 1.34. The fraction of sp³-hybridized carbons (Fsp3) is 0.378. The van der Waals surface area contributed by atoms with E-state index in [9.17, 15) is 22.8 Å². The van der Waals surface area contributed by atoms with Crippen LogP contribution in [-0.2, 0) is 32.7 Å². The summed E-state index contributed by atoms with van der Waals surface area (Å²) in [6, 6.07) is 18.1. The van der Waals surface area contributed by atoms with Gasteiger partial charge in [0.1, 0.15) is 24.8 Å². The van der Waals surface area contributed by atoms with E-state index < -0.39 is 21.7 Å². The molecule has 3 amide bonds. The number of fused-ring (bicyclic) bond motifs is 1. The third-order valence-electron chi connectivity index (χ3n) is 9.95. The lowest BCUT2D eigenvalue weighted by atomic mass is 9.99. The molecule has 2 aromatic carbocycles. The van der Waals surface area contributed by atoms with E-state index in [2.05, 4.69) is 10.0 Å². The summed E-state index contributed by atoms with van der Waals surface area (Å²) in [5, 5.41) is 3.77. The number of amides is 3. The van der Waals surface area contributed by atoms with Crippen LogP contribution < -0.4 is 14.9 Å². The Morgan fingerprint density at radius 2 is 1.81 bits per heavy atom. The number of pyridine rings is 1. The van der Waals surface area contributed by atoms with E-state index in [1.807, 2.05) is 64.1 Å². The number of hydrogen-bond acceptors (Lipinski definition) is 10. The largest absolute Gasteiger partial charge is 0.445 e. The van der Waals surface area contributed by atoms with Crippen molar-refractivity contribution in [3.63, 3.8) is 0 Å². The maximum atomic E-state index is 13.6. The Labute approximate surface area is 307 Å². The highest BCUT2D eigenvalue weighted by atomic mass is 32.2. The molecule has 3 aliphatic rings. The second-order valence-electron chi connectivity index (χ2n) is 14.1. The minimum Gasteiger partial charge on any atom is -0.445 e. The Hall–Kier alpha value is -4.86. The van der Waals surface area contributed by atoms with E-state index in [0.717, 1.165) is 23.3 Å². The Balaban J connectivity index is 1.09. The fourth-order valence-electron chi connectivity index (χ4n) is 6.84. The topological polar surface area (TPSA) is 154 Å². The average Bonchev–Trinajstić information content (AvgIpc) is 3.84. The molecule has 15 heteroatoms. The average molecular weight is 744 g/mol. The van der Waals surface area contributed by atoms with Crippen LogP contribution in [0.2, 0.25) is 0 Å². The molecule has 1 saturated heterocycles. The highest BCUT2D eigenvalue weighted by molar-refractivity contribution is 7.89. The van der Waals surface area contributed by atoms with Crippen LogP contribution in [0.3, 0.4) is 0 Å². The number of ether oxygens (including phenoxy) is 1. The molecule has 0 spiro atoms. The highest BCUT2D eigenvalue weighted by Crippen LogP contribution is 2.42. The molecule has 1 atom stereocenters. The van der Waals surface area contributed by atoms with E-state index in [4.69, 9.17) is 14.7 Å². The molecule has 7 rings (SSSR count). The summed E-state index contributed by atoms with van der Waals surface area (Å²) in [6.07, 6.45) is 1.58. The monoisotopic (exact) mass is 743 g/mol. The number of hydrogen-bond donors (Lipinski definition) is 2. The van der Waals surface area contributed by atoms with Gasteiger partial charge < -0.3 is 15.0 Å². The molecule has 1 aliphatic carbocycles. The highest BCUT2D eigenvalue weighted by Gasteiger charge is 2.43. The zero-order chi connectivity index (χ0) is 36.9. The molecule has 272 valence electrons. The summed E-state index contributed by atoms with van der Waals surface area (Å²) in [5.74, 6) is 0.769. The predicted molar refractivity (Wildman–Crippen MR) is 198 cm³/mol. The van der Waals surface area contributed by atoms with Crippen LogP contribution in [-0.4, -0.2) is 77.8 Å². The molecule has 13 nitrogen and oxygen atoms in total. The Morgan fingerprint density at radius 1 is 1.06 bits per heavy atom. The van der Waals surface area contributed by atoms with E-state index in [0.29, 0.717) is 46.1 Å². The van der Waals surface area contributed by atoms with Crippen LogP contribution in [0, 0.1) is 12.8 Å². The van der Waals surface area contributed by atoms with Crippen molar-refractivity contribution in [2.75, 3.05) is 30.4 Å². The predicted octanol–water partition coefficient (Wildman–Crippen LogP) is 5.68. The van der Waals surface area contributed by atoms with Crippen molar-refractivity contribution in [3.05, 3.63) is 83.0 Å². The Kier molecular flexibility index (Phi) is 9.30. The first-order chi connectivity index (χ1) is 24.8. The SMILES string of the molecule is CNS(=O)(=O)c1cc(-c2sc(Nc3cccc(N4CC(C)(C)N(C(=O)OCc5ccccc5)CC4=O)n3)nc2C)cc2c1C(=O)N([C@@H](C)C1CC1)C2. The molecule has 0 bridgehead atoms. The summed E-state index contributed by atoms with van der Waals surface area (Å²) in [6.45, 7) is 8.14. The van der Waals surface area contributed by atoms with Crippen molar-refractivity contribution in [1.82, 2.24) is 24.5 Å².